The Morgan fingerprint density at radius 2 is 1.89 bits per heavy atom. The average molecular weight is 382 g/mol. The van der Waals surface area contributed by atoms with Crippen molar-refractivity contribution < 1.29 is 14.3 Å². The lowest BCUT2D eigenvalue weighted by Crippen LogP contribution is -2.33. The van der Waals surface area contributed by atoms with Crippen molar-refractivity contribution in [2.45, 2.75) is 32.6 Å². The summed E-state index contributed by atoms with van der Waals surface area (Å²) in [5, 5.41) is 4.19. The third kappa shape index (κ3) is 2.71. The molecule has 1 unspecified atom stereocenters. The summed E-state index contributed by atoms with van der Waals surface area (Å²) < 4.78 is 11.1. The molecule has 2 aromatic rings. The summed E-state index contributed by atoms with van der Waals surface area (Å²) in [5.74, 6) is 1.49. The lowest BCUT2D eigenvalue weighted by atomic mass is 9.68. The molecule has 0 bridgehead atoms. The van der Waals surface area contributed by atoms with Gasteiger partial charge in [0.1, 0.15) is 0 Å². The van der Waals surface area contributed by atoms with Gasteiger partial charge in [0, 0.05) is 40.4 Å². The third-order valence-electron chi connectivity index (χ3n) is 5.53. The molecule has 4 nitrogen and oxygen atoms in total. The van der Waals surface area contributed by atoms with Gasteiger partial charge < -0.3 is 14.8 Å². The molecule has 138 valence electrons. The van der Waals surface area contributed by atoms with Crippen LogP contribution >= 0.6 is 11.6 Å². The number of nitrogens with one attached hydrogen (secondary N) is 1. The second kappa shape index (κ2) is 5.77. The number of hydrogen-bond donors (Lipinski definition) is 1. The number of anilines is 1. The maximum absolute atomic E-state index is 13.2. The molecule has 1 N–H and O–H groups in total. The highest BCUT2D eigenvalue weighted by Crippen LogP contribution is 2.51. The van der Waals surface area contributed by atoms with Gasteiger partial charge in [0.2, 0.25) is 6.79 Å². The lowest BCUT2D eigenvalue weighted by Gasteiger charge is -2.39. The second-order valence-corrected chi connectivity index (χ2v) is 8.68. The largest absolute Gasteiger partial charge is 0.454 e. The highest BCUT2D eigenvalue weighted by atomic mass is 35.5. The predicted octanol–water partition coefficient (Wildman–Crippen LogP) is 5.27. The first-order chi connectivity index (χ1) is 12.9. The summed E-state index contributed by atoms with van der Waals surface area (Å²) in [7, 11) is 0. The number of ketones is 1. The van der Waals surface area contributed by atoms with E-state index in [0.717, 1.165) is 46.0 Å². The number of carbonyl (C=O) groups excluding carboxylic acids is 1. The van der Waals surface area contributed by atoms with Gasteiger partial charge in [-0.3, -0.25) is 4.79 Å². The molecular weight excluding hydrogens is 362 g/mol. The lowest BCUT2D eigenvalue weighted by molar-refractivity contribution is -0.118. The van der Waals surface area contributed by atoms with Crippen LogP contribution < -0.4 is 14.8 Å². The smallest absolute Gasteiger partial charge is 0.231 e. The van der Waals surface area contributed by atoms with Crippen LogP contribution in [0.1, 0.15) is 43.7 Å². The average Bonchev–Trinajstić information content (AvgIpc) is 3.04. The first-order valence-electron chi connectivity index (χ1n) is 9.14. The molecule has 2 aliphatic heterocycles. The molecule has 1 aliphatic carbocycles. The summed E-state index contributed by atoms with van der Waals surface area (Å²) >= 11 is 6.28. The molecule has 0 saturated heterocycles. The van der Waals surface area contributed by atoms with Crippen LogP contribution in [0, 0.1) is 5.41 Å². The maximum Gasteiger partial charge on any atom is 0.231 e. The molecule has 3 aliphatic rings. The number of carbonyl (C=O) groups is 1. The normalized spacial score (nSPS) is 22.2. The van der Waals surface area contributed by atoms with Crippen molar-refractivity contribution in [2.24, 2.45) is 5.41 Å². The number of Topliss-reactive ketones (excluding diaryl/α,β-unsaturated/α-hetero) is 1. The molecular formula is C22H20ClNO3. The number of benzene rings is 2. The Hall–Kier alpha value is -2.46. The second-order valence-electron chi connectivity index (χ2n) is 8.24. The number of hydrogen-bond acceptors (Lipinski definition) is 4. The van der Waals surface area contributed by atoms with E-state index in [2.05, 4.69) is 19.2 Å². The summed E-state index contributed by atoms with van der Waals surface area (Å²) in [6, 6.07) is 11.7. The quantitative estimate of drug-likeness (QED) is 0.731. The van der Waals surface area contributed by atoms with E-state index in [0.29, 0.717) is 11.4 Å². The van der Waals surface area contributed by atoms with E-state index >= 15 is 0 Å². The highest BCUT2D eigenvalue weighted by Gasteiger charge is 2.41. The van der Waals surface area contributed by atoms with E-state index in [4.69, 9.17) is 21.1 Å². The zero-order valence-electron chi connectivity index (χ0n) is 15.3. The Bertz CT molecular complexity index is 1010. The Morgan fingerprint density at radius 3 is 2.67 bits per heavy atom. The van der Waals surface area contributed by atoms with Gasteiger partial charge in [-0.1, -0.05) is 37.6 Å². The van der Waals surface area contributed by atoms with Crippen LogP contribution in [0.5, 0.6) is 11.5 Å². The first kappa shape index (κ1) is 16.7. The molecule has 0 fully saturated rings. The van der Waals surface area contributed by atoms with Crippen LogP contribution in [0.2, 0.25) is 5.02 Å². The fourth-order valence-electron chi connectivity index (χ4n) is 4.44. The zero-order valence-corrected chi connectivity index (χ0v) is 16.0. The SMILES string of the molecule is CC1(C)CC(=O)C2=C(C1)Nc1cc3c(cc1C2c1cccc(Cl)c1)OCO3. The van der Waals surface area contributed by atoms with Gasteiger partial charge in [-0.05, 0) is 41.2 Å². The summed E-state index contributed by atoms with van der Waals surface area (Å²) in [4.78, 5) is 13.2. The number of halogens is 1. The van der Waals surface area contributed by atoms with Gasteiger partial charge in [-0.2, -0.15) is 0 Å². The van der Waals surface area contributed by atoms with E-state index in [1.54, 1.807) is 0 Å². The molecule has 27 heavy (non-hydrogen) atoms. The van der Waals surface area contributed by atoms with Crippen LogP contribution in [-0.2, 0) is 4.79 Å². The molecule has 0 amide bonds. The van der Waals surface area contributed by atoms with Crippen LogP contribution in [0.4, 0.5) is 5.69 Å². The minimum absolute atomic E-state index is 0.0599. The van der Waals surface area contributed by atoms with Crippen molar-refractivity contribution >= 4 is 23.1 Å². The number of rotatable bonds is 1. The molecule has 0 saturated carbocycles. The predicted molar refractivity (Wildman–Crippen MR) is 105 cm³/mol. The minimum Gasteiger partial charge on any atom is -0.454 e. The van der Waals surface area contributed by atoms with Crippen molar-refractivity contribution in [3.8, 4) is 11.5 Å². The van der Waals surface area contributed by atoms with Crippen molar-refractivity contribution in [1.29, 1.82) is 0 Å². The molecule has 1 atom stereocenters. The molecule has 2 heterocycles. The number of fused-ring (bicyclic) bond motifs is 2. The van der Waals surface area contributed by atoms with E-state index in [-0.39, 0.29) is 23.9 Å². The molecule has 0 aromatic heterocycles. The van der Waals surface area contributed by atoms with Crippen LogP contribution in [0.15, 0.2) is 47.7 Å². The minimum atomic E-state index is -0.159. The van der Waals surface area contributed by atoms with Gasteiger partial charge in [0.05, 0.1) is 0 Å². The van der Waals surface area contributed by atoms with E-state index in [1.807, 2.05) is 36.4 Å². The monoisotopic (exact) mass is 381 g/mol. The van der Waals surface area contributed by atoms with Crippen molar-refractivity contribution in [2.75, 3.05) is 12.1 Å². The topological polar surface area (TPSA) is 47.6 Å². The van der Waals surface area contributed by atoms with E-state index in [1.165, 1.54) is 0 Å². The van der Waals surface area contributed by atoms with Gasteiger partial charge >= 0.3 is 0 Å². The maximum atomic E-state index is 13.2. The molecule has 0 radical (unpaired) electrons. The fraction of sp³-hybridized carbons (Fsp3) is 0.318. The van der Waals surface area contributed by atoms with Crippen molar-refractivity contribution in [3.05, 3.63) is 63.8 Å². The molecule has 2 aromatic carbocycles. The van der Waals surface area contributed by atoms with Crippen LogP contribution in [-0.4, -0.2) is 12.6 Å². The van der Waals surface area contributed by atoms with Crippen molar-refractivity contribution in [3.63, 3.8) is 0 Å². The van der Waals surface area contributed by atoms with Crippen molar-refractivity contribution in [1.82, 2.24) is 0 Å². The van der Waals surface area contributed by atoms with Crippen LogP contribution in [0.25, 0.3) is 0 Å². The van der Waals surface area contributed by atoms with Gasteiger partial charge in [0.25, 0.3) is 0 Å². The number of ether oxygens (including phenoxy) is 2. The Balaban J connectivity index is 1.74. The molecule has 5 rings (SSSR count). The molecule has 5 heteroatoms. The highest BCUT2D eigenvalue weighted by molar-refractivity contribution is 6.30. The molecule has 0 spiro atoms. The first-order valence-corrected chi connectivity index (χ1v) is 9.51. The summed E-state index contributed by atoms with van der Waals surface area (Å²) in [6.07, 6.45) is 1.38. The van der Waals surface area contributed by atoms with E-state index in [9.17, 15) is 4.79 Å². The Labute approximate surface area is 163 Å². The summed E-state index contributed by atoms with van der Waals surface area (Å²) in [5.41, 5.74) is 4.80. The van der Waals surface area contributed by atoms with Gasteiger partial charge in [-0.15, -0.1) is 0 Å². The van der Waals surface area contributed by atoms with Crippen LogP contribution in [0.3, 0.4) is 0 Å². The van der Waals surface area contributed by atoms with Gasteiger partial charge in [0.15, 0.2) is 17.3 Å². The third-order valence-corrected chi connectivity index (χ3v) is 5.77. The van der Waals surface area contributed by atoms with E-state index < -0.39 is 0 Å². The summed E-state index contributed by atoms with van der Waals surface area (Å²) in [6.45, 7) is 4.50. The van der Waals surface area contributed by atoms with Gasteiger partial charge in [-0.25, -0.2) is 0 Å². The zero-order chi connectivity index (χ0) is 18.8. The Kier molecular flexibility index (Phi) is 3.57. The Morgan fingerprint density at radius 1 is 1.11 bits per heavy atom. The number of allylic oxidation sites excluding steroid dienone is 2. The fourth-order valence-corrected chi connectivity index (χ4v) is 4.64. The standard InChI is InChI=1S/C22H20ClNO3/c1-22(2)9-16-21(17(25)10-22)20(12-4-3-5-13(23)6-12)14-7-18-19(27-11-26-18)8-15(14)24-16/h3-8,20,24H,9-11H2,1-2H3.